The van der Waals surface area contributed by atoms with Crippen molar-refractivity contribution in [3.05, 3.63) is 182 Å². The fourth-order valence-electron chi connectivity index (χ4n) is 7.79. The van der Waals surface area contributed by atoms with E-state index in [-0.39, 0.29) is 0 Å². The minimum atomic E-state index is 1.23. The Hall–Kier alpha value is -6.02. The molecule has 0 saturated carbocycles. The number of hydrogen-bond acceptors (Lipinski definition) is 1. The maximum absolute atomic E-state index is 2.38. The Bertz CT molecular complexity index is 2820. The lowest BCUT2D eigenvalue weighted by Crippen LogP contribution is -1.92. The summed E-state index contributed by atoms with van der Waals surface area (Å²) in [5.41, 5.74) is 10.0. The first-order chi connectivity index (χ1) is 24.3. The van der Waals surface area contributed by atoms with E-state index in [2.05, 4.69) is 182 Å². The van der Waals surface area contributed by atoms with Crippen LogP contribution in [0.4, 0.5) is 0 Å². The second kappa shape index (κ2) is 11.3. The van der Waals surface area contributed by atoms with Crippen molar-refractivity contribution in [2.45, 2.75) is 0 Å². The van der Waals surface area contributed by atoms with Gasteiger partial charge in [0.1, 0.15) is 0 Å². The fourth-order valence-corrected chi connectivity index (χ4v) is 8.88. The second-order valence-electron chi connectivity index (χ2n) is 12.8. The summed E-state index contributed by atoms with van der Waals surface area (Å²) < 4.78 is 2.67. The van der Waals surface area contributed by atoms with Gasteiger partial charge in [0.05, 0.1) is 0 Å². The summed E-state index contributed by atoms with van der Waals surface area (Å²) in [6, 6.07) is 67.0. The predicted octanol–water partition coefficient (Wildman–Crippen LogP) is 14.2. The minimum Gasteiger partial charge on any atom is -0.135 e. The van der Waals surface area contributed by atoms with Gasteiger partial charge >= 0.3 is 0 Å². The second-order valence-corrected chi connectivity index (χ2v) is 13.9. The van der Waals surface area contributed by atoms with E-state index in [9.17, 15) is 0 Å². The van der Waals surface area contributed by atoms with Crippen molar-refractivity contribution in [1.29, 1.82) is 0 Å². The van der Waals surface area contributed by atoms with Crippen molar-refractivity contribution in [3.8, 4) is 44.5 Å². The fraction of sp³-hybridized carbons (Fsp3) is 0. The van der Waals surface area contributed by atoms with Crippen LogP contribution in [0.25, 0.3) is 97.0 Å². The van der Waals surface area contributed by atoms with Gasteiger partial charge < -0.3 is 0 Å². The van der Waals surface area contributed by atoms with Crippen molar-refractivity contribution < 1.29 is 0 Å². The highest BCUT2D eigenvalue weighted by atomic mass is 32.1. The van der Waals surface area contributed by atoms with Crippen molar-refractivity contribution in [1.82, 2.24) is 0 Å². The summed E-state index contributed by atoms with van der Waals surface area (Å²) in [6.45, 7) is 0. The van der Waals surface area contributed by atoms with Gasteiger partial charge in [-0.05, 0) is 107 Å². The summed E-state index contributed by atoms with van der Waals surface area (Å²) in [5.74, 6) is 0. The summed E-state index contributed by atoms with van der Waals surface area (Å²) >= 11 is 1.87. The van der Waals surface area contributed by atoms with Gasteiger partial charge in [0.2, 0.25) is 0 Å². The molecule has 1 heterocycles. The molecule has 0 aliphatic carbocycles. The Morgan fingerprint density at radius 1 is 0.265 bits per heavy atom. The molecule has 10 aromatic rings. The van der Waals surface area contributed by atoms with Crippen LogP contribution in [0.3, 0.4) is 0 Å². The Morgan fingerprint density at radius 3 is 1.57 bits per heavy atom. The van der Waals surface area contributed by atoms with E-state index in [0.29, 0.717) is 0 Å². The van der Waals surface area contributed by atoms with Crippen molar-refractivity contribution in [2.24, 2.45) is 0 Å². The van der Waals surface area contributed by atoms with E-state index in [1.165, 1.54) is 97.0 Å². The molecular formula is C48H30S. The molecule has 0 amide bonds. The summed E-state index contributed by atoms with van der Waals surface area (Å²) in [6.07, 6.45) is 0. The van der Waals surface area contributed by atoms with Crippen LogP contribution >= 0.6 is 11.3 Å². The van der Waals surface area contributed by atoms with Gasteiger partial charge in [-0.3, -0.25) is 0 Å². The third kappa shape index (κ3) is 4.58. The number of thiophene rings is 1. The standard InChI is InChI=1S/C48H30S/c1-2-12-31(13-3-1)34-25-24-32-14-11-22-42(43(32)29-34)48-40-20-6-4-18-38(40)47(39-19-5-7-21-41(39)48)36-16-10-15-33(28-36)35-26-27-46-44(30-35)37-17-8-9-23-45(37)49-46/h1-30H. The highest BCUT2D eigenvalue weighted by Gasteiger charge is 2.18. The van der Waals surface area contributed by atoms with Crippen molar-refractivity contribution in [3.63, 3.8) is 0 Å². The van der Waals surface area contributed by atoms with Crippen LogP contribution in [0.2, 0.25) is 0 Å². The quantitative estimate of drug-likeness (QED) is 0.168. The molecule has 1 heteroatoms. The van der Waals surface area contributed by atoms with Gasteiger partial charge in [-0.25, -0.2) is 0 Å². The Morgan fingerprint density at radius 2 is 0.796 bits per heavy atom. The van der Waals surface area contributed by atoms with Gasteiger partial charge in [0.15, 0.2) is 0 Å². The van der Waals surface area contributed by atoms with E-state index in [0.717, 1.165) is 0 Å². The number of hydrogen-bond donors (Lipinski definition) is 0. The Kier molecular flexibility index (Phi) is 6.47. The number of benzene rings is 9. The van der Waals surface area contributed by atoms with Crippen molar-refractivity contribution >= 4 is 63.8 Å². The van der Waals surface area contributed by atoms with Crippen LogP contribution in [0.15, 0.2) is 182 Å². The molecule has 0 atom stereocenters. The first-order valence-electron chi connectivity index (χ1n) is 16.8. The normalized spacial score (nSPS) is 11.7. The van der Waals surface area contributed by atoms with Crippen LogP contribution in [-0.2, 0) is 0 Å². The molecule has 0 N–H and O–H groups in total. The molecule has 1 aromatic heterocycles. The van der Waals surface area contributed by atoms with Crippen LogP contribution in [-0.4, -0.2) is 0 Å². The predicted molar refractivity (Wildman–Crippen MR) is 214 cm³/mol. The molecular weight excluding hydrogens is 609 g/mol. The molecule has 9 aromatic carbocycles. The monoisotopic (exact) mass is 638 g/mol. The molecule has 0 saturated heterocycles. The first-order valence-corrected chi connectivity index (χ1v) is 17.7. The Balaban J connectivity index is 1.20. The smallest absolute Gasteiger partial charge is 0.0355 e. The van der Waals surface area contributed by atoms with Gasteiger partial charge in [-0.15, -0.1) is 11.3 Å². The zero-order valence-corrected chi connectivity index (χ0v) is 27.5. The van der Waals surface area contributed by atoms with Gasteiger partial charge in [0, 0.05) is 20.2 Å². The van der Waals surface area contributed by atoms with Gasteiger partial charge in [-0.2, -0.15) is 0 Å². The maximum atomic E-state index is 2.38. The van der Waals surface area contributed by atoms with Crippen LogP contribution < -0.4 is 0 Å². The van der Waals surface area contributed by atoms with Crippen LogP contribution in [0.1, 0.15) is 0 Å². The van der Waals surface area contributed by atoms with E-state index in [4.69, 9.17) is 0 Å². The molecule has 0 nitrogen and oxygen atoms in total. The highest BCUT2D eigenvalue weighted by molar-refractivity contribution is 7.25. The molecule has 0 unspecified atom stereocenters. The topological polar surface area (TPSA) is 0 Å². The zero-order valence-electron chi connectivity index (χ0n) is 26.7. The van der Waals surface area contributed by atoms with E-state index in [1.54, 1.807) is 0 Å². The average Bonchev–Trinajstić information content (AvgIpc) is 3.55. The Labute approximate surface area is 289 Å². The molecule has 0 aliphatic heterocycles. The average molecular weight is 639 g/mol. The molecule has 228 valence electrons. The van der Waals surface area contributed by atoms with Crippen LogP contribution in [0, 0.1) is 0 Å². The van der Waals surface area contributed by atoms with Gasteiger partial charge in [0.25, 0.3) is 0 Å². The van der Waals surface area contributed by atoms with Gasteiger partial charge in [-0.1, -0.05) is 152 Å². The lowest BCUT2D eigenvalue weighted by atomic mass is 9.84. The first kappa shape index (κ1) is 28.0. The zero-order chi connectivity index (χ0) is 32.3. The van der Waals surface area contributed by atoms with Crippen molar-refractivity contribution in [2.75, 3.05) is 0 Å². The molecule has 0 fully saturated rings. The van der Waals surface area contributed by atoms with E-state index in [1.807, 2.05) is 11.3 Å². The molecule has 49 heavy (non-hydrogen) atoms. The highest BCUT2D eigenvalue weighted by Crippen LogP contribution is 2.46. The molecule has 0 spiro atoms. The third-order valence-electron chi connectivity index (χ3n) is 10.1. The molecule has 10 rings (SSSR count). The third-order valence-corrected chi connectivity index (χ3v) is 11.2. The minimum absolute atomic E-state index is 1.23. The largest absolute Gasteiger partial charge is 0.135 e. The maximum Gasteiger partial charge on any atom is 0.0355 e. The lowest BCUT2D eigenvalue weighted by Gasteiger charge is -2.19. The number of fused-ring (bicyclic) bond motifs is 6. The molecule has 0 aliphatic rings. The summed E-state index contributed by atoms with van der Waals surface area (Å²) in [4.78, 5) is 0. The summed E-state index contributed by atoms with van der Waals surface area (Å²) in [5, 5.41) is 10.2. The lowest BCUT2D eigenvalue weighted by molar-refractivity contribution is 1.63. The summed E-state index contributed by atoms with van der Waals surface area (Å²) in [7, 11) is 0. The van der Waals surface area contributed by atoms with E-state index < -0.39 is 0 Å². The van der Waals surface area contributed by atoms with Crippen LogP contribution in [0.5, 0.6) is 0 Å². The van der Waals surface area contributed by atoms with E-state index >= 15 is 0 Å². The SMILES string of the molecule is c1ccc(-c2ccc3cccc(-c4c5ccccc5c(-c5cccc(-c6ccc7sc8ccccc8c7c6)c5)c5ccccc45)c3c2)cc1. The molecule has 0 bridgehead atoms. The number of rotatable bonds is 4. The molecule has 0 radical (unpaired) electrons.